The van der Waals surface area contributed by atoms with Gasteiger partial charge in [-0.05, 0) is 58.1 Å². The molecule has 2 aliphatic rings. The Morgan fingerprint density at radius 2 is 2.03 bits per heavy atom. The van der Waals surface area contributed by atoms with Crippen molar-refractivity contribution in [2.24, 2.45) is 5.73 Å². The molecule has 1 aromatic heterocycles. The summed E-state index contributed by atoms with van der Waals surface area (Å²) < 4.78 is 26.5. The highest BCUT2D eigenvalue weighted by atomic mass is 19.1. The normalized spacial score (nSPS) is 20.8. The van der Waals surface area contributed by atoms with E-state index in [9.17, 15) is 14.0 Å². The third-order valence-corrected chi connectivity index (χ3v) is 6.22. The first-order chi connectivity index (χ1) is 16.0. The van der Waals surface area contributed by atoms with Gasteiger partial charge in [0, 0.05) is 25.1 Å². The van der Waals surface area contributed by atoms with Gasteiger partial charge in [0.15, 0.2) is 0 Å². The van der Waals surface area contributed by atoms with Crippen LogP contribution < -0.4 is 16.2 Å². The van der Waals surface area contributed by atoms with E-state index in [4.69, 9.17) is 26.0 Å². The first-order valence-corrected chi connectivity index (χ1v) is 11.6. The van der Waals surface area contributed by atoms with Gasteiger partial charge in [-0.15, -0.1) is 0 Å². The van der Waals surface area contributed by atoms with Crippen LogP contribution in [0, 0.1) is 5.82 Å². The minimum Gasteiger partial charge on any atom is -0.493 e. The maximum atomic E-state index is 13.6. The van der Waals surface area contributed by atoms with E-state index in [1.165, 1.54) is 12.1 Å². The van der Waals surface area contributed by atoms with Crippen LogP contribution in [0.15, 0.2) is 18.2 Å². The van der Waals surface area contributed by atoms with Crippen LogP contribution in [0.4, 0.5) is 15.0 Å². The fourth-order valence-electron chi connectivity index (χ4n) is 4.67. The predicted molar refractivity (Wildman–Crippen MR) is 124 cm³/mol. The lowest BCUT2D eigenvalue weighted by atomic mass is 9.91. The summed E-state index contributed by atoms with van der Waals surface area (Å²) in [6, 6.07) is 4.23. The smallest absolute Gasteiger partial charge is 0.410 e. The van der Waals surface area contributed by atoms with Crippen molar-refractivity contribution in [2.75, 3.05) is 25.4 Å². The van der Waals surface area contributed by atoms with Crippen LogP contribution in [0.25, 0.3) is 0 Å². The van der Waals surface area contributed by atoms with Gasteiger partial charge in [0.2, 0.25) is 0 Å². The lowest BCUT2D eigenvalue weighted by Gasteiger charge is -2.34. The minimum atomic E-state index is -0.650. The molecule has 4 rings (SSSR count). The summed E-state index contributed by atoms with van der Waals surface area (Å²) in [5, 5.41) is 4.76. The van der Waals surface area contributed by atoms with Gasteiger partial charge < -0.3 is 25.8 Å². The summed E-state index contributed by atoms with van der Waals surface area (Å²) in [5.41, 5.74) is 13.1. The zero-order valence-electron chi connectivity index (χ0n) is 19.8. The number of nitrogens with two attached hydrogens (primary N) is 2. The molecule has 0 saturated carbocycles. The van der Waals surface area contributed by atoms with E-state index in [-0.39, 0.29) is 35.3 Å². The van der Waals surface area contributed by atoms with Crippen molar-refractivity contribution in [1.29, 1.82) is 0 Å². The van der Waals surface area contributed by atoms with Crippen molar-refractivity contribution in [3.63, 3.8) is 0 Å². The summed E-state index contributed by atoms with van der Waals surface area (Å²) in [4.78, 5) is 26.7. The average molecular weight is 474 g/mol. The summed E-state index contributed by atoms with van der Waals surface area (Å²) in [7, 11) is 0. The number of anilines is 1. The number of nitrogens with zero attached hydrogens (tertiary/aromatic N) is 3. The van der Waals surface area contributed by atoms with Crippen LogP contribution in [0.1, 0.15) is 73.6 Å². The number of aromatic nitrogens is 2. The number of halogens is 1. The summed E-state index contributed by atoms with van der Waals surface area (Å²) >= 11 is 0. The number of nitrogen functional groups attached to an aromatic ring is 1. The van der Waals surface area contributed by atoms with Gasteiger partial charge >= 0.3 is 6.09 Å². The molecule has 2 aliphatic heterocycles. The maximum absolute atomic E-state index is 13.6. The molecule has 9 nitrogen and oxygen atoms in total. The molecule has 1 unspecified atom stereocenters. The molecule has 3 heterocycles. The number of likely N-dealkylation sites (tertiary alicyclic amines) is 1. The van der Waals surface area contributed by atoms with Gasteiger partial charge in [-0.1, -0.05) is 6.07 Å². The SMILES string of the molecule is CC(C)(C)OC(=O)N1CCC[C@@H](n2nc(C3CCOc4cc(F)ccc4C3)c(C(N)=O)c2N)C1. The lowest BCUT2D eigenvalue weighted by Crippen LogP contribution is -2.43. The molecule has 0 aliphatic carbocycles. The third-order valence-electron chi connectivity index (χ3n) is 6.22. The van der Waals surface area contributed by atoms with Gasteiger partial charge in [0.25, 0.3) is 5.91 Å². The molecule has 2 aromatic rings. The second kappa shape index (κ2) is 9.15. The monoisotopic (exact) mass is 473 g/mol. The van der Waals surface area contributed by atoms with Crippen LogP contribution in [0.3, 0.4) is 0 Å². The van der Waals surface area contributed by atoms with Gasteiger partial charge in [-0.2, -0.15) is 5.10 Å². The fourth-order valence-corrected chi connectivity index (χ4v) is 4.67. The lowest BCUT2D eigenvalue weighted by molar-refractivity contribution is 0.0168. The number of fused-ring (bicyclic) bond motifs is 1. The number of ether oxygens (including phenoxy) is 2. The van der Waals surface area contributed by atoms with Gasteiger partial charge in [-0.25, -0.2) is 13.9 Å². The number of hydrogen-bond acceptors (Lipinski definition) is 6. The van der Waals surface area contributed by atoms with E-state index in [2.05, 4.69) is 0 Å². The van der Waals surface area contributed by atoms with E-state index >= 15 is 0 Å². The largest absolute Gasteiger partial charge is 0.493 e. The quantitative estimate of drug-likeness (QED) is 0.704. The molecule has 184 valence electrons. The predicted octanol–water partition coefficient (Wildman–Crippen LogP) is 3.38. The van der Waals surface area contributed by atoms with E-state index < -0.39 is 11.5 Å². The highest BCUT2D eigenvalue weighted by molar-refractivity contribution is 5.98. The van der Waals surface area contributed by atoms with Crippen LogP contribution in [0.5, 0.6) is 5.75 Å². The Bertz CT molecular complexity index is 1090. The third kappa shape index (κ3) is 4.95. The Morgan fingerprint density at radius 3 is 2.74 bits per heavy atom. The van der Waals surface area contributed by atoms with Crippen molar-refractivity contribution >= 4 is 17.8 Å². The number of piperidine rings is 1. The maximum Gasteiger partial charge on any atom is 0.410 e. The highest BCUT2D eigenvalue weighted by Crippen LogP contribution is 2.37. The van der Waals surface area contributed by atoms with Crippen molar-refractivity contribution in [3.8, 4) is 5.75 Å². The molecule has 1 saturated heterocycles. The molecule has 0 spiro atoms. The minimum absolute atomic E-state index is 0.177. The Morgan fingerprint density at radius 1 is 1.26 bits per heavy atom. The number of amides is 2. The molecule has 10 heteroatoms. The van der Waals surface area contributed by atoms with Crippen molar-refractivity contribution in [1.82, 2.24) is 14.7 Å². The first kappa shape index (κ1) is 23.8. The molecule has 2 atom stereocenters. The Kier molecular flexibility index (Phi) is 6.42. The van der Waals surface area contributed by atoms with E-state index in [1.54, 1.807) is 15.6 Å². The van der Waals surface area contributed by atoms with Gasteiger partial charge in [-0.3, -0.25) is 4.79 Å². The van der Waals surface area contributed by atoms with Gasteiger partial charge in [0.05, 0.1) is 18.3 Å². The molecular formula is C24H32FN5O4. The standard InChI is InChI=1S/C24H32FN5O4/c1-24(2,3)34-23(32)29-9-4-5-17(13-29)30-21(26)19(22(27)31)20(28-30)15-8-10-33-18-12-16(25)7-6-14(18)11-15/h6-7,12,15,17H,4-5,8-11,13,26H2,1-3H3,(H2,27,31)/t15?,17-/m1/s1. The number of carbonyl (C=O) groups excluding carboxylic acids is 2. The summed E-state index contributed by atoms with van der Waals surface area (Å²) in [5.74, 6) is -0.499. The molecule has 34 heavy (non-hydrogen) atoms. The van der Waals surface area contributed by atoms with Crippen LogP contribution in [0.2, 0.25) is 0 Å². The molecular weight excluding hydrogens is 441 g/mol. The molecule has 0 radical (unpaired) electrons. The van der Waals surface area contributed by atoms with Crippen molar-refractivity contribution in [2.45, 2.75) is 64.0 Å². The zero-order valence-corrected chi connectivity index (χ0v) is 19.8. The Hall–Kier alpha value is -3.30. The van der Waals surface area contributed by atoms with Crippen molar-refractivity contribution < 1.29 is 23.5 Å². The second-order valence-electron chi connectivity index (χ2n) is 9.97. The Labute approximate surface area is 198 Å². The average Bonchev–Trinajstić information content (AvgIpc) is 2.96. The molecule has 2 amide bonds. The van der Waals surface area contributed by atoms with E-state index in [0.29, 0.717) is 44.0 Å². The highest BCUT2D eigenvalue weighted by Gasteiger charge is 2.34. The summed E-state index contributed by atoms with van der Waals surface area (Å²) in [6.45, 7) is 6.77. The fraction of sp³-hybridized carbons (Fsp3) is 0.542. The molecule has 4 N–H and O–H groups in total. The van der Waals surface area contributed by atoms with E-state index in [1.807, 2.05) is 20.8 Å². The topological polar surface area (TPSA) is 126 Å². The number of primary amides is 1. The van der Waals surface area contributed by atoms with E-state index in [0.717, 1.165) is 18.4 Å². The molecule has 0 bridgehead atoms. The molecule has 1 fully saturated rings. The number of benzene rings is 1. The van der Waals surface area contributed by atoms with Crippen molar-refractivity contribution in [3.05, 3.63) is 40.8 Å². The summed E-state index contributed by atoms with van der Waals surface area (Å²) in [6.07, 6.45) is 2.20. The Balaban J connectivity index is 1.63. The first-order valence-electron chi connectivity index (χ1n) is 11.6. The number of hydrogen-bond donors (Lipinski definition) is 2. The number of carbonyl (C=O) groups is 2. The number of rotatable bonds is 3. The van der Waals surface area contributed by atoms with Crippen LogP contribution in [-0.2, 0) is 11.2 Å². The zero-order chi connectivity index (χ0) is 24.6. The van der Waals surface area contributed by atoms with Crippen LogP contribution in [-0.4, -0.2) is 52.0 Å². The molecule has 1 aromatic carbocycles. The second-order valence-corrected chi connectivity index (χ2v) is 9.97. The van der Waals surface area contributed by atoms with Gasteiger partial charge in [0.1, 0.15) is 28.5 Å². The van der Waals surface area contributed by atoms with Crippen LogP contribution >= 0.6 is 0 Å².